The van der Waals surface area contributed by atoms with Crippen molar-refractivity contribution < 1.29 is 0 Å². The zero-order chi connectivity index (χ0) is 12.2. The van der Waals surface area contributed by atoms with Crippen LogP contribution in [0, 0.1) is 0 Å². The molecule has 5 heteroatoms. The van der Waals surface area contributed by atoms with E-state index in [-0.39, 0.29) is 0 Å². The summed E-state index contributed by atoms with van der Waals surface area (Å²) in [5.41, 5.74) is 2.12. The summed E-state index contributed by atoms with van der Waals surface area (Å²) in [6.45, 7) is 1.92. The minimum atomic E-state index is 0.384. The van der Waals surface area contributed by atoms with Crippen molar-refractivity contribution >= 4 is 0 Å². The molecule has 2 aromatic rings. The highest BCUT2D eigenvalue weighted by Gasteiger charge is 2.27. The van der Waals surface area contributed by atoms with Crippen LogP contribution in [-0.4, -0.2) is 31.4 Å². The van der Waals surface area contributed by atoms with Crippen molar-refractivity contribution in [2.45, 2.75) is 25.4 Å². The number of hydrogen-bond donors (Lipinski definition) is 0. The van der Waals surface area contributed by atoms with Crippen LogP contribution in [0.1, 0.15) is 30.3 Å². The van der Waals surface area contributed by atoms with Gasteiger partial charge in [0.2, 0.25) is 0 Å². The lowest BCUT2D eigenvalue weighted by Gasteiger charge is -2.23. The van der Waals surface area contributed by atoms with Crippen molar-refractivity contribution in [2.24, 2.45) is 0 Å². The fourth-order valence-electron chi connectivity index (χ4n) is 2.47. The molecule has 3 rings (SSSR count). The van der Waals surface area contributed by atoms with Gasteiger partial charge in [0.15, 0.2) is 0 Å². The second-order valence-corrected chi connectivity index (χ2v) is 4.46. The summed E-state index contributed by atoms with van der Waals surface area (Å²) < 4.78 is 0. The van der Waals surface area contributed by atoms with Gasteiger partial charge in [-0.1, -0.05) is 0 Å². The van der Waals surface area contributed by atoms with Crippen LogP contribution in [-0.2, 0) is 6.54 Å². The van der Waals surface area contributed by atoms with Gasteiger partial charge in [-0.3, -0.25) is 14.9 Å². The van der Waals surface area contributed by atoms with Gasteiger partial charge < -0.3 is 0 Å². The molecule has 1 aliphatic heterocycles. The summed E-state index contributed by atoms with van der Waals surface area (Å²) in [5, 5.41) is 0. The quantitative estimate of drug-likeness (QED) is 0.817. The van der Waals surface area contributed by atoms with Gasteiger partial charge in [0.05, 0.1) is 17.4 Å². The third kappa shape index (κ3) is 2.36. The van der Waals surface area contributed by atoms with Crippen molar-refractivity contribution in [3.8, 4) is 0 Å². The molecule has 0 N–H and O–H groups in total. The molecule has 92 valence electrons. The van der Waals surface area contributed by atoms with Gasteiger partial charge in [0.25, 0.3) is 0 Å². The largest absolute Gasteiger partial charge is 0.289 e. The van der Waals surface area contributed by atoms with Gasteiger partial charge in [-0.05, 0) is 25.5 Å². The highest BCUT2D eigenvalue weighted by molar-refractivity contribution is 5.08. The number of aromatic nitrogens is 4. The predicted octanol–water partition coefficient (Wildman–Crippen LogP) is 1.60. The van der Waals surface area contributed by atoms with Crippen LogP contribution in [0.15, 0.2) is 37.2 Å². The molecular weight excluding hydrogens is 226 g/mol. The fourth-order valence-corrected chi connectivity index (χ4v) is 2.47. The Bertz CT molecular complexity index is 487. The van der Waals surface area contributed by atoms with Gasteiger partial charge in [0.1, 0.15) is 6.33 Å². The SMILES string of the molecule is c1cc([C@@H]2CCCN2Cc2cnccn2)ncn1. The monoisotopic (exact) mass is 241 g/mol. The van der Waals surface area contributed by atoms with Crippen LogP contribution in [0.5, 0.6) is 0 Å². The lowest BCUT2D eigenvalue weighted by Crippen LogP contribution is -2.24. The lowest BCUT2D eigenvalue weighted by atomic mass is 10.1. The first-order chi connectivity index (χ1) is 8.93. The zero-order valence-electron chi connectivity index (χ0n) is 10.1. The van der Waals surface area contributed by atoms with E-state index in [0.717, 1.165) is 30.9 Å². The molecule has 18 heavy (non-hydrogen) atoms. The molecule has 0 amide bonds. The first-order valence-corrected chi connectivity index (χ1v) is 6.18. The topological polar surface area (TPSA) is 54.8 Å². The molecule has 0 spiro atoms. The fraction of sp³-hybridized carbons (Fsp3) is 0.385. The molecular formula is C13H15N5. The van der Waals surface area contributed by atoms with Crippen molar-refractivity contribution in [1.29, 1.82) is 0 Å². The Hall–Kier alpha value is -1.88. The van der Waals surface area contributed by atoms with Crippen molar-refractivity contribution in [3.63, 3.8) is 0 Å². The van der Waals surface area contributed by atoms with E-state index in [1.54, 1.807) is 24.9 Å². The summed E-state index contributed by atoms with van der Waals surface area (Å²) in [6.07, 6.45) is 11.1. The number of rotatable bonds is 3. The molecule has 0 saturated carbocycles. The minimum absolute atomic E-state index is 0.384. The van der Waals surface area contributed by atoms with Crippen molar-refractivity contribution in [1.82, 2.24) is 24.8 Å². The maximum atomic E-state index is 4.36. The average molecular weight is 241 g/mol. The molecule has 0 aromatic carbocycles. The molecule has 0 aliphatic carbocycles. The summed E-state index contributed by atoms with van der Waals surface area (Å²) in [6, 6.07) is 2.38. The summed E-state index contributed by atoms with van der Waals surface area (Å²) in [7, 11) is 0. The van der Waals surface area contributed by atoms with Crippen molar-refractivity contribution in [3.05, 3.63) is 48.6 Å². The van der Waals surface area contributed by atoms with E-state index in [2.05, 4.69) is 24.8 Å². The van der Waals surface area contributed by atoms with Crippen LogP contribution < -0.4 is 0 Å². The van der Waals surface area contributed by atoms with E-state index in [9.17, 15) is 0 Å². The van der Waals surface area contributed by atoms with Gasteiger partial charge in [-0.25, -0.2) is 9.97 Å². The Morgan fingerprint density at radius 3 is 2.94 bits per heavy atom. The summed E-state index contributed by atoms with van der Waals surface area (Å²) in [4.78, 5) is 19.2. The van der Waals surface area contributed by atoms with E-state index in [1.165, 1.54) is 6.42 Å². The second-order valence-electron chi connectivity index (χ2n) is 4.46. The summed E-state index contributed by atoms with van der Waals surface area (Å²) >= 11 is 0. The summed E-state index contributed by atoms with van der Waals surface area (Å²) in [5.74, 6) is 0. The maximum Gasteiger partial charge on any atom is 0.115 e. The normalized spacial score (nSPS) is 20.1. The van der Waals surface area contributed by atoms with Gasteiger partial charge in [-0.2, -0.15) is 0 Å². The first kappa shape index (κ1) is 11.2. The Kier molecular flexibility index (Phi) is 3.23. The Balaban J connectivity index is 1.76. The van der Waals surface area contributed by atoms with Crippen LogP contribution in [0.25, 0.3) is 0 Å². The Morgan fingerprint density at radius 2 is 2.17 bits per heavy atom. The Labute approximate surface area is 106 Å². The van der Waals surface area contributed by atoms with Gasteiger partial charge in [0, 0.05) is 31.3 Å². The lowest BCUT2D eigenvalue weighted by molar-refractivity contribution is 0.241. The minimum Gasteiger partial charge on any atom is -0.289 e. The standard InChI is InChI=1S/C13H15N5/c1-2-13(12-3-4-15-10-17-12)18(7-1)9-11-8-14-5-6-16-11/h3-6,8,10,13H,1-2,7,9H2/t13-/m0/s1. The van der Waals surface area contributed by atoms with E-state index >= 15 is 0 Å². The highest BCUT2D eigenvalue weighted by Crippen LogP contribution is 2.31. The number of hydrogen-bond acceptors (Lipinski definition) is 5. The van der Waals surface area contributed by atoms with Gasteiger partial charge in [-0.15, -0.1) is 0 Å². The van der Waals surface area contributed by atoms with Crippen molar-refractivity contribution in [2.75, 3.05) is 6.54 Å². The van der Waals surface area contributed by atoms with E-state index in [0.29, 0.717) is 6.04 Å². The van der Waals surface area contributed by atoms with Gasteiger partial charge >= 0.3 is 0 Å². The van der Waals surface area contributed by atoms with Crippen LogP contribution >= 0.6 is 0 Å². The predicted molar refractivity (Wildman–Crippen MR) is 66.4 cm³/mol. The van der Waals surface area contributed by atoms with Crippen LogP contribution in [0.2, 0.25) is 0 Å². The highest BCUT2D eigenvalue weighted by atomic mass is 15.2. The van der Waals surface area contributed by atoms with E-state index in [1.807, 2.05) is 12.3 Å². The molecule has 5 nitrogen and oxygen atoms in total. The molecule has 0 bridgehead atoms. The molecule has 2 aromatic heterocycles. The molecule has 0 radical (unpaired) electrons. The third-order valence-corrected chi connectivity index (χ3v) is 3.29. The van der Waals surface area contributed by atoms with E-state index in [4.69, 9.17) is 0 Å². The number of nitrogens with zero attached hydrogens (tertiary/aromatic N) is 5. The van der Waals surface area contributed by atoms with Crippen LogP contribution in [0.3, 0.4) is 0 Å². The smallest absolute Gasteiger partial charge is 0.115 e. The zero-order valence-corrected chi connectivity index (χ0v) is 10.1. The second kappa shape index (κ2) is 5.18. The molecule has 0 unspecified atom stereocenters. The number of likely N-dealkylation sites (tertiary alicyclic amines) is 1. The molecule has 1 fully saturated rings. The third-order valence-electron chi connectivity index (χ3n) is 3.29. The average Bonchev–Trinajstić information content (AvgIpc) is 2.89. The molecule has 1 saturated heterocycles. The molecule has 1 atom stereocenters. The maximum absolute atomic E-state index is 4.36. The van der Waals surface area contributed by atoms with Crippen LogP contribution in [0.4, 0.5) is 0 Å². The molecule has 3 heterocycles. The first-order valence-electron chi connectivity index (χ1n) is 6.18. The molecule has 1 aliphatic rings. The van der Waals surface area contributed by atoms with E-state index < -0.39 is 0 Å². The Morgan fingerprint density at radius 1 is 1.17 bits per heavy atom.